The highest BCUT2D eigenvalue weighted by Crippen LogP contribution is 2.29. The van der Waals surface area contributed by atoms with E-state index in [4.69, 9.17) is 9.47 Å². The van der Waals surface area contributed by atoms with Crippen LogP contribution in [0.1, 0.15) is 19.8 Å². The number of amides is 1. The fraction of sp³-hybridized carbons (Fsp3) is 0.500. The van der Waals surface area contributed by atoms with Crippen molar-refractivity contribution in [3.63, 3.8) is 0 Å². The number of benzene rings is 1. The summed E-state index contributed by atoms with van der Waals surface area (Å²) >= 11 is 0. The van der Waals surface area contributed by atoms with E-state index >= 15 is 0 Å². The van der Waals surface area contributed by atoms with Crippen LogP contribution in [0.4, 0.5) is 0 Å². The quantitative estimate of drug-likeness (QED) is 0.656. The molecule has 1 rings (SSSR count). The van der Waals surface area contributed by atoms with Crippen molar-refractivity contribution in [1.29, 1.82) is 0 Å². The molecule has 0 saturated heterocycles. The first kappa shape index (κ1) is 18.2. The van der Waals surface area contributed by atoms with Gasteiger partial charge in [-0.1, -0.05) is 13.3 Å². The number of hydrogen-bond acceptors (Lipinski definition) is 5. The molecular weight excluding hydrogens is 308 g/mol. The lowest BCUT2D eigenvalue weighted by molar-refractivity contribution is -0.119. The lowest BCUT2D eigenvalue weighted by Crippen LogP contribution is -2.37. The van der Waals surface area contributed by atoms with Crippen molar-refractivity contribution < 1.29 is 22.7 Å². The number of nitrogens with one attached hydrogen (secondary N) is 2. The maximum Gasteiger partial charge on any atom is 0.241 e. The summed E-state index contributed by atoms with van der Waals surface area (Å²) in [6.45, 7) is 2.24. The minimum Gasteiger partial charge on any atom is -0.493 e. The highest BCUT2D eigenvalue weighted by Gasteiger charge is 2.17. The summed E-state index contributed by atoms with van der Waals surface area (Å²) in [7, 11) is -0.907. The largest absolute Gasteiger partial charge is 0.493 e. The van der Waals surface area contributed by atoms with Crippen LogP contribution in [-0.4, -0.2) is 41.6 Å². The third-order valence-corrected chi connectivity index (χ3v) is 4.34. The van der Waals surface area contributed by atoms with Crippen molar-refractivity contribution in [2.45, 2.75) is 24.7 Å². The zero-order chi connectivity index (χ0) is 16.6. The molecular formula is C14H22N2O5S. The number of rotatable bonds is 9. The molecule has 7 nitrogen and oxygen atoms in total. The lowest BCUT2D eigenvalue weighted by atomic mass is 10.3. The van der Waals surface area contributed by atoms with Crippen molar-refractivity contribution in [3.8, 4) is 11.5 Å². The summed E-state index contributed by atoms with van der Waals surface area (Å²) in [6, 6.07) is 4.23. The number of carbonyl (C=O) groups excluding carboxylic acids is 1. The Balaban J connectivity index is 2.72. The summed E-state index contributed by atoms with van der Waals surface area (Å²) in [5.41, 5.74) is 0. The third kappa shape index (κ3) is 5.19. The molecule has 1 aromatic carbocycles. The minimum atomic E-state index is -3.79. The van der Waals surface area contributed by atoms with E-state index in [0.717, 1.165) is 12.8 Å². The Morgan fingerprint density at radius 2 is 1.86 bits per heavy atom. The lowest BCUT2D eigenvalue weighted by Gasteiger charge is -2.11. The summed E-state index contributed by atoms with van der Waals surface area (Å²) in [6.07, 6.45) is 1.81. The van der Waals surface area contributed by atoms with Gasteiger partial charge in [-0.15, -0.1) is 0 Å². The normalized spacial score (nSPS) is 11.0. The van der Waals surface area contributed by atoms with Gasteiger partial charge in [0.2, 0.25) is 15.9 Å². The second kappa shape index (κ2) is 8.60. The van der Waals surface area contributed by atoms with Crippen molar-refractivity contribution >= 4 is 15.9 Å². The first-order valence-electron chi connectivity index (χ1n) is 6.93. The molecule has 0 bridgehead atoms. The van der Waals surface area contributed by atoms with E-state index in [0.29, 0.717) is 18.0 Å². The second-order valence-electron chi connectivity index (χ2n) is 4.54. The van der Waals surface area contributed by atoms with Crippen LogP contribution in [0.15, 0.2) is 23.1 Å². The topological polar surface area (TPSA) is 93.7 Å². The maximum atomic E-state index is 12.1. The number of ether oxygens (including phenoxy) is 2. The molecule has 0 radical (unpaired) electrons. The van der Waals surface area contributed by atoms with Gasteiger partial charge in [0.1, 0.15) is 0 Å². The monoisotopic (exact) mass is 330 g/mol. The average molecular weight is 330 g/mol. The van der Waals surface area contributed by atoms with Crippen LogP contribution in [0.3, 0.4) is 0 Å². The molecule has 0 unspecified atom stereocenters. The van der Waals surface area contributed by atoms with Gasteiger partial charge in [0, 0.05) is 12.6 Å². The summed E-state index contributed by atoms with van der Waals surface area (Å²) in [4.78, 5) is 11.5. The van der Waals surface area contributed by atoms with Crippen LogP contribution in [0.25, 0.3) is 0 Å². The van der Waals surface area contributed by atoms with E-state index in [9.17, 15) is 13.2 Å². The fourth-order valence-corrected chi connectivity index (χ4v) is 2.69. The van der Waals surface area contributed by atoms with Crippen LogP contribution in [0.5, 0.6) is 11.5 Å². The van der Waals surface area contributed by atoms with Crippen LogP contribution in [0, 0.1) is 0 Å². The zero-order valence-electron chi connectivity index (χ0n) is 13.0. The third-order valence-electron chi connectivity index (χ3n) is 2.94. The molecule has 0 spiro atoms. The molecule has 0 aliphatic rings. The molecule has 0 aromatic heterocycles. The standard InChI is InChI=1S/C14H22N2O5S/c1-4-5-8-15-14(17)10-16-22(18,19)11-6-7-12(20-2)13(9-11)21-3/h6-7,9,16H,4-5,8,10H2,1-3H3,(H,15,17). The molecule has 0 heterocycles. The number of hydrogen-bond donors (Lipinski definition) is 2. The van der Waals surface area contributed by atoms with E-state index in [2.05, 4.69) is 10.0 Å². The number of unbranched alkanes of at least 4 members (excludes halogenated alkanes) is 1. The predicted molar refractivity (Wildman–Crippen MR) is 82.7 cm³/mol. The fourth-order valence-electron chi connectivity index (χ4n) is 1.69. The maximum absolute atomic E-state index is 12.1. The molecule has 0 aliphatic carbocycles. The van der Waals surface area contributed by atoms with Gasteiger partial charge in [0.05, 0.1) is 25.7 Å². The highest BCUT2D eigenvalue weighted by molar-refractivity contribution is 7.89. The first-order valence-corrected chi connectivity index (χ1v) is 8.41. The first-order chi connectivity index (χ1) is 10.4. The molecule has 0 aliphatic heterocycles. The van der Waals surface area contributed by atoms with Gasteiger partial charge >= 0.3 is 0 Å². The van der Waals surface area contributed by atoms with Gasteiger partial charge in [0.15, 0.2) is 11.5 Å². The Hall–Kier alpha value is -1.80. The number of carbonyl (C=O) groups is 1. The van der Waals surface area contributed by atoms with Crippen LogP contribution >= 0.6 is 0 Å². The van der Waals surface area contributed by atoms with Crippen molar-refractivity contribution in [1.82, 2.24) is 10.0 Å². The zero-order valence-corrected chi connectivity index (χ0v) is 13.8. The number of methoxy groups -OCH3 is 2. The van der Waals surface area contributed by atoms with Gasteiger partial charge in [-0.2, -0.15) is 0 Å². The van der Waals surface area contributed by atoms with Crippen molar-refractivity contribution in [2.24, 2.45) is 0 Å². The summed E-state index contributed by atoms with van der Waals surface area (Å²) in [5, 5.41) is 2.64. The van der Waals surface area contributed by atoms with Gasteiger partial charge < -0.3 is 14.8 Å². The molecule has 22 heavy (non-hydrogen) atoms. The molecule has 1 amide bonds. The molecule has 0 fully saturated rings. The van der Waals surface area contributed by atoms with E-state index in [1.54, 1.807) is 0 Å². The van der Waals surface area contributed by atoms with Crippen LogP contribution < -0.4 is 19.5 Å². The minimum absolute atomic E-state index is 0.00603. The van der Waals surface area contributed by atoms with Crippen LogP contribution in [-0.2, 0) is 14.8 Å². The molecule has 1 aromatic rings. The van der Waals surface area contributed by atoms with Gasteiger partial charge in [0.25, 0.3) is 0 Å². The Morgan fingerprint density at radius 1 is 1.18 bits per heavy atom. The van der Waals surface area contributed by atoms with Gasteiger partial charge in [-0.3, -0.25) is 4.79 Å². The van der Waals surface area contributed by atoms with Crippen molar-refractivity contribution in [3.05, 3.63) is 18.2 Å². The Bertz CT molecular complexity index is 601. The highest BCUT2D eigenvalue weighted by atomic mass is 32.2. The number of sulfonamides is 1. The second-order valence-corrected chi connectivity index (χ2v) is 6.31. The van der Waals surface area contributed by atoms with E-state index < -0.39 is 10.0 Å². The molecule has 8 heteroatoms. The van der Waals surface area contributed by atoms with Crippen LogP contribution in [0.2, 0.25) is 0 Å². The van der Waals surface area contributed by atoms with Gasteiger partial charge in [-0.25, -0.2) is 13.1 Å². The molecule has 124 valence electrons. The Kier molecular flexibility index (Phi) is 7.13. The van der Waals surface area contributed by atoms with E-state index in [1.165, 1.54) is 32.4 Å². The molecule has 0 saturated carbocycles. The van der Waals surface area contributed by atoms with E-state index in [-0.39, 0.29) is 17.3 Å². The Morgan fingerprint density at radius 3 is 2.45 bits per heavy atom. The summed E-state index contributed by atoms with van der Waals surface area (Å²) < 4.78 is 36.7. The van der Waals surface area contributed by atoms with Crippen molar-refractivity contribution in [2.75, 3.05) is 27.3 Å². The predicted octanol–water partition coefficient (Wildman–Crippen LogP) is 0.898. The molecule has 2 N–H and O–H groups in total. The summed E-state index contributed by atoms with van der Waals surface area (Å²) in [5.74, 6) is 0.369. The average Bonchev–Trinajstić information content (AvgIpc) is 2.52. The Labute approximate surface area is 131 Å². The SMILES string of the molecule is CCCCNC(=O)CNS(=O)(=O)c1ccc(OC)c(OC)c1. The molecule has 0 atom stereocenters. The van der Waals surface area contributed by atoms with E-state index in [1.807, 2.05) is 6.92 Å². The smallest absolute Gasteiger partial charge is 0.241 e. The van der Waals surface area contributed by atoms with Gasteiger partial charge in [-0.05, 0) is 18.6 Å².